The van der Waals surface area contributed by atoms with Gasteiger partial charge in [-0.3, -0.25) is 9.48 Å². The first-order valence-electron chi connectivity index (χ1n) is 6.49. The zero-order valence-corrected chi connectivity index (χ0v) is 11.1. The van der Waals surface area contributed by atoms with Gasteiger partial charge in [-0.05, 0) is 29.0 Å². The third kappa shape index (κ3) is 2.18. The number of hydrogen-bond donors (Lipinski definition) is 0. The molecule has 7 heteroatoms. The van der Waals surface area contributed by atoms with Crippen LogP contribution in [0.1, 0.15) is 19.2 Å². The summed E-state index contributed by atoms with van der Waals surface area (Å²) in [5.74, 6) is 0.730. The molecule has 0 bridgehead atoms. The molecule has 0 saturated heterocycles. The Morgan fingerprint density at radius 3 is 2.90 bits per heavy atom. The molecule has 102 valence electrons. The number of hydrogen-bond acceptors (Lipinski definition) is 5. The van der Waals surface area contributed by atoms with Crippen molar-refractivity contribution in [2.45, 2.75) is 26.4 Å². The number of para-hydroxylation sites is 1. The zero-order valence-electron chi connectivity index (χ0n) is 11.1. The van der Waals surface area contributed by atoms with E-state index in [1.165, 1.54) is 6.20 Å². The van der Waals surface area contributed by atoms with E-state index in [0.29, 0.717) is 11.9 Å². The summed E-state index contributed by atoms with van der Waals surface area (Å²) < 4.78 is 3.50. The first-order valence-corrected chi connectivity index (χ1v) is 6.49. The lowest BCUT2D eigenvalue weighted by Crippen LogP contribution is -2.16. The molecule has 0 unspecified atom stereocenters. The van der Waals surface area contributed by atoms with Crippen LogP contribution in [0.15, 0.2) is 35.3 Å². The number of tetrazole rings is 1. The van der Waals surface area contributed by atoms with E-state index in [4.69, 9.17) is 0 Å². The summed E-state index contributed by atoms with van der Waals surface area (Å²) in [4.78, 5) is 11.8. The van der Waals surface area contributed by atoms with Crippen LogP contribution in [0.25, 0.3) is 10.9 Å². The van der Waals surface area contributed by atoms with Gasteiger partial charge in [-0.1, -0.05) is 19.1 Å². The van der Waals surface area contributed by atoms with Crippen molar-refractivity contribution < 1.29 is 0 Å². The molecule has 0 atom stereocenters. The number of rotatable bonds is 4. The van der Waals surface area contributed by atoms with Gasteiger partial charge in [-0.2, -0.15) is 5.10 Å². The molecule has 7 nitrogen and oxygen atoms in total. The van der Waals surface area contributed by atoms with Crippen LogP contribution in [0, 0.1) is 0 Å². The molecule has 20 heavy (non-hydrogen) atoms. The third-order valence-electron chi connectivity index (χ3n) is 3.09. The molecule has 0 N–H and O–H groups in total. The molecule has 1 aromatic carbocycles. The number of benzene rings is 1. The molecule has 0 radical (unpaired) electrons. The van der Waals surface area contributed by atoms with Crippen molar-refractivity contribution in [3.63, 3.8) is 0 Å². The van der Waals surface area contributed by atoms with Crippen molar-refractivity contribution in [1.29, 1.82) is 0 Å². The zero-order chi connectivity index (χ0) is 13.9. The van der Waals surface area contributed by atoms with Gasteiger partial charge in [0.25, 0.3) is 0 Å². The lowest BCUT2D eigenvalue weighted by molar-refractivity contribution is 0.534. The summed E-state index contributed by atoms with van der Waals surface area (Å²) in [7, 11) is 0. The van der Waals surface area contributed by atoms with Gasteiger partial charge in [-0.25, -0.2) is 4.68 Å². The van der Waals surface area contributed by atoms with Gasteiger partial charge in [0, 0.05) is 11.9 Å². The van der Waals surface area contributed by atoms with Crippen molar-refractivity contribution in [3.8, 4) is 0 Å². The fourth-order valence-corrected chi connectivity index (χ4v) is 2.14. The summed E-state index contributed by atoms with van der Waals surface area (Å²) in [6.45, 7) is 3.27. The Labute approximate surface area is 114 Å². The van der Waals surface area contributed by atoms with E-state index in [2.05, 4.69) is 27.5 Å². The average Bonchev–Trinajstić information content (AvgIpc) is 2.90. The summed E-state index contributed by atoms with van der Waals surface area (Å²) in [5, 5.41) is 16.5. The molecular weight excluding hydrogens is 256 g/mol. The van der Waals surface area contributed by atoms with Gasteiger partial charge < -0.3 is 0 Å². The summed E-state index contributed by atoms with van der Waals surface area (Å²) in [6.07, 6.45) is 2.28. The Hall–Kier alpha value is -2.57. The molecule has 0 amide bonds. The highest BCUT2D eigenvalue weighted by Crippen LogP contribution is 2.09. The Morgan fingerprint density at radius 1 is 1.20 bits per heavy atom. The molecule has 0 aliphatic rings. The predicted octanol–water partition coefficient (Wildman–Crippen LogP) is 0.841. The number of nitrogens with zero attached hydrogens (tertiary/aromatic N) is 6. The van der Waals surface area contributed by atoms with Crippen LogP contribution < -0.4 is 5.43 Å². The standard InChI is InChI=1S/C13H14N6O/c1-2-7-18-13(15-16-17-18)9-19-11-6-4-3-5-10(11)12(20)8-14-19/h3-6,8H,2,7,9H2,1H3. The minimum absolute atomic E-state index is 0.0787. The minimum atomic E-state index is -0.0787. The maximum Gasteiger partial charge on any atom is 0.207 e. The molecule has 0 fully saturated rings. The van der Waals surface area contributed by atoms with E-state index < -0.39 is 0 Å². The first kappa shape index (κ1) is 12.5. The van der Waals surface area contributed by atoms with Crippen molar-refractivity contribution in [2.24, 2.45) is 0 Å². The van der Waals surface area contributed by atoms with Crippen LogP contribution in [0.5, 0.6) is 0 Å². The topological polar surface area (TPSA) is 78.5 Å². The Bertz CT molecular complexity index is 791. The maximum atomic E-state index is 11.8. The van der Waals surface area contributed by atoms with Crippen LogP contribution in [0.4, 0.5) is 0 Å². The fourth-order valence-electron chi connectivity index (χ4n) is 2.14. The lowest BCUT2D eigenvalue weighted by atomic mass is 10.2. The largest absolute Gasteiger partial charge is 0.287 e. The Balaban J connectivity index is 2.05. The molecule has 0 aliphatic heterocycles. The highest BCUT2D eigenvalue weighted by Gasteiger charge is 2.09. The van der Waals surface area contributed by atoms with Gasteiger partial charge in [0.15, 0.2) is 5.82 Å². The van der Waals surface area contributed by atoms with E-state index in [-0.39, 0.29) is 5.43 Å². The van der Waals surface area contributed by atoms with Crippen molar-refractivity contribution in [3.05, 3.63) is 46.5 Å². The van der Waals surface area contributed by atoms with E-state index in [1.54, 1.807) is 15.4 Å². The van der Waals surface area contributed by atoms with Crippen LogP contribution in [0.2, 0.25) is 0 Å². The molecule has 0 aliphatic carbocycles. The summed E-state index contributed by atoms with van der Waals surface area (Å²) in [5.41, 5.74) is 0.705. The average molecular weight is 270 g/mol. The van der Waals surface area contributed by atoms with Crippen molar-refractivity contribution in [2.75, 3.05) is 0 Å². The van der Waals surface area contributed by atoms with E-state index >= 15 is 0 Å². The van der Waals surface area contributed by atoms with Gasteiger partial charge >= 0.3 is 0 Å². The van der Waals surface area contributed by atoms with Crippen LogP contribution in [-0.4, -0.2) is 30.0 Å². The molecule has 3 rings (SSSR count). The monoisotopic (exact) mass is 270 g/mol. The van der Waals surface area contributed by atoms with Gasteiger partial charge in [0.2, 0.25) is 5.43 Å². The number of aryl methyl sites for hydroxylation is 1. The van der Waals surface area contributed by atoms with Crippen molar-refractivity contribution in [1.82, 2.24) is 30.0 Å². The minimum Gasteiger partial charge on any atom is -0.287 e. The second-order valence-corrected chi connectivity index (χ2v) is 4.50. The third-order valence-corrected chi connectivity index (χ3v) is 3.09. The second-order valence-electron chi connectivity index (χ2n) is 4.50. The highest BCUT2D eigenvalue weighted by molar-refractivity contribution is 5.77. The van der Waals surface area contributed by atoms with Crippen molar-refractivity contribution >= 4 is 10.9 Å². The van der Waals surface area contributed by atoms with Crippen LogP contribution >= 0.6 is 0 Å². The number of fused-ring (bicyclic) bond motifs is 1. The lowest BCUT2D eigenvalue weighted by Gasteiger charge is -2.08. The molecule has 3 aromatic rings. The highest BCUT2D eigenvalue weighted by atomic mass is 16.1. The predicted molar refractivity (Wildman–Crippen MR) is 73.2 cm³/mol. The van der Waals surface area contributed by atoms with Gasteiger partial charge in [-0.15, -0.1) is 5.10 Å². The van der Waals surface area contributed by atoms with Gasteiger partial charge in [0.05, 0.1) is 11.7 Å². The second kappa shape index (κ2) is 5.20. The Morgan fingerprint density at radius 2 is 2.05 bits per heavy atom. The molecular formula is C13H14N6O. The fraction of sp³-hybridized carbons (Fsp3) is 0.308. The van der Waals surface area contributed by atoms with Crippen LogP contribution in [-0.2, 0) is 13.1 Å². The first-order chi connectivity index (χ1) is 9.79. The molecule has 0 spiro atoms. The van der Waals surface area contributed by atoms with E-state index in [0.717, 1.165) is 24.3 Å². The molecule has 2 heterocycles. The van der Waals surface area contributed by atoms with E-state index in [1.807, 2.05) is 18.2 Å². The quantitative estimate of drug-likeness (QED) is 0.702. The van der Waals surface area contributed by atoms with Crippen LogP contribution in [0.3, 0.4) is 0 Å². The summed E-state index contributed by atoms with van der Waals surface area (Å²) in [6, 6.07) is 7.40. The summed E-state index contributed by atoms with van der Waals surface area (Å²) >= 11 is 0. The molecule has 0 saturated carbocycles. The van der Waals surface area contributed by atoms with E-state index in [9.17, 15) is 4.79 Å². The molecule has 2 aromatic heterocycles. The number of aromatic nitrogens is 6. The maximum absolute atomic E-state index is 11.8. The Kier molecular flexibility index (Phi) is 3.24. The van der Waals surface area contributed by atoms with Gasteiger partial charge in [0.1, 0.15) is 6.54 Å². The smallest absolute Gasteiger partial charge is 0.207 e. The SMILES string of the molecule is CCCn1nnnc1Cn1ncc(=O)c2ccccc21. The normalized spacial score (nSPS) is 11.1.